The molecule has 0 aromatic heterocycles. The summed E-state index contributed by atoms with van der Waals surface area (Å²) in [6, 6.07) is 6.26. The minimum atomic E-state index is 0.188. The van der Waals surface area contributed by atoms with E-state index in [0.717, 1.165) is 37.3 Å². The fourth-order valence-electron chi connectivity index (χ4n) is 2.41. The molecule has 2 rings (SSSR count). The number of carbonyl (C=O) groups excluding carboxylic acids is 1. The van der Waals surface area contributed by atoms with E-state index in [0.29, 0.717) is 5.92 Å². The molecule has 1 fully saturated rings. The van der Waals surface area contributed by atoms with Crippen molar-refractivity contribution in [2.24, 2.45) is 0 Å². The molecule has 1 heterocycles. The lowest BCUT2D eigenvalue weighted by Gasteiger charge is -2.32. The number of aryl methyl sites for hydroxylation is 1. The Bertz CT molecular complexity index is 460. The highest BCUT2D eigenvalue weighted by molar-refractivity contribution is 5.96. The molecule has 0 spiro atoms. The van der Waals surface area contributed by atoms with E-state index in [-0.39, 0.29) is 5.91 Å². The van der Waals surface area contributed by atoms with Crippen molar-refractivity contribution in [3.8, 4) is 0 Å². The second-order valence-corrected chi connectivity index (χ2v) is 5.82. The quantitative estimate of drug-likeness (QED) is 0.815. The molecule has 1 saturated heterocycles. The van der Waals surface area contributed by atoms with Crippen molar-refractivity contribution < 1.29 is 4.79 Å². The normalized spacial score (nSPS) is 17.0. The van der Waals surface area contributed by atoms with Gasteiger partial charge < -0.3 is 9.80 Å². The third-order valence-corrected chi connectivity index (χ3v) is 3.95. The van der Waals surface area contributed by atoms with Gasteiger partial charge in [-0.05, 0) is 37.1 Å². The minimum Gasteiger partial charge on any atom is -0.336 e. The Hall–Kier alpha value is -1.35. The van der Waals surface area contributed by atoms with Crippen LogP contribution in [0.2, 0.25) is 0 Å². The van der Waals surface area contributed by atoms with E-state index in [9.17, 15) is 4.79 Å². The number of benzene rings is 1. The van der Waals surface area contributed by atoms with Crippen molar-refractivity contribution in [3.63, 3.8) is 0 Å². The number of carbonyl (C=O) groups is 1. The van der Waals surface area contributed by atoms with Crippen molar-refractivity contribution in [2.45, 2.75) is 26.7 Å². The van der Waals surface area contributed by atoms with E-state index in [1.165, 1.54) is 5.56 Å². The van der Waals surface area contributed by atoms with Gasteiger partial charge in [-0.15, -0.1) is 0 Å². The Kier molecular flexibility index (Phi) is 4.25. The summed E-state index contributed by atoms with van der Waals surface area (Å²) in [5.74, 6) is 0.646. The lowest BCUT2D eigenvalue weighted by molar-refractivity contribution is 0.0663. The molecule has 0 bridgehead atoms. The third-order valence-electron chi connectivity index (χ3n) is 3.95. The first-order valence-electron chi connectivity index (χ1n) is 7.07. The molecule has 1 aromatic carbocycles. The van der Waals surface area contributed by atoms with Crippen molar-refractivity contribution >= 4 is 5.91 Å². The maximum Gasteiger partial charge on any atom is 0.254 e. The van der Waals surface area contributed by atoms with E-state index in [1.54, 1.807) is 0 Å². The van der Waals surface area contributed by atoms with Crippen LogP contribution in [0.3, 0.4) is 0 Å². The van der Waals surface area contributed by atoms with Crippen LogP contribution in [-0.4, -0.2) is 48.9 Å². The average Bonchev–Trinajstić information content (AvgIpc) is 2.39. The maximum atomic E-state index is 12.6. The molecule has 0 atom stereocenters. The molecule has 19 heavy (non-hydrogen) atoms. The van der Waals surface area contributed by atoms with E-state index in [2.05, 4.69) is 44.0 Å². The van der Waals surface area contributed by atoms with Crippen LogP contribution in [0.4, 0.5) is 0 Å². The number of nitrogens with zero attached hydrogens (tertiary/aromatic N) is 2. The van der Waals surface area contributed by atoms with Crippen LogP contribution < -0.4 is 0 Å². The van der Waals surface area contributed by atoms with Crippen molar-refractivity contribution in [3.05, 3.63) is 34.9 Å². The largest absolute Gasteiger partial charge is 0.336 e. The van der Waals surface area contributed by atoms with Crippen LogP contribution in [0.15, 0.2) is 18.2 Å². The van der Waals surface area contributed by atoms with Gasteiger partial charge in [-0.1, -0.05) is 26.0 Å². The molecule has 3 nitrogen and oxygen atoms in total. The summed E-state index contributed by atoms with van der Waals surface area (Å²) in [5, 5.41) is 0. The van der Waals surface area contributed by atoms with E-state index in [1.807, 2.05) is 11.8 Å². The highest BCUT2D eigenvalue weighted by Crippen LogP contribution is 2.20. The number of rotatable bonds is 2. The van der Waals surface area contributed by atoms with Crippen molar-refractivity contribution in [1.29, 1.82) is 0 Å². The molecular formula is C16H24N2O. The molecule has 0 unspecified atom stereocenters. The van der Waals surface area contributed by atoms with E-state index < -0.39 is 0 Å². The first-order valence-corrected chi connectivity index (χ1v) is 7.07. The topological polar surface area (TPSA) is 23.6 Å². The predicted octanol–water partition coefficient (Wildman–Crippen LogP) is 2.51. The Balaban J connectivity index is 2.20. The molecule has 0 aliphatic carbocycles. The summed E-state index contributed by atoms with van der Waals surface area (Å²) < 4.78 is 0. The molecule has 1 aliphatic rings. The van der Waals surface area contributed by atoms with Crippen LogP contribution in [0, 0.1) is 6.92 Å². The fourth-order valence-corrected chi connectivity index (χ4v) is 2.41. The maximum absolute atomic E-state index is 12.6. The summed E-state index contributed by atoms with van der Waals surface area (Å²) in [5.41, 5.74) is 3.19. The van der Waals surface area contributed by atoms with Crippen molar-refractivity contribution in [2.75, 3.05) is 33.2 Å². The number of amides is 1. The van der Waals surface area contributed by atoms with E-state index in [4.69, 9.17) is 0 Å². The molecule has 1 aromatic rings. The van der Waals surface area contributed by atoms with Crippen LogP contribution in [0.25, 0.3) is 0 Å². The summed E-state index contributed by atoms with van der Waals surface area (Å²) in [6.07, 6.45) is 0. The number of piperazine rings is 1. The van der Waals surface area contributed by atoms with Gasteiger partial charge in [0.25, 0.3) is 5.91 Å². The Labute approximate surface area is 116 Å². The summed E-state index contributed by atoms with van der Waals surface area (Å²) in [4.78, 5) is 16.9. The Morgan fingerprint density at radius 3 is 2.37 bits per heavy atom. The smallest absolute Gasteiger partial charge is 0.254 e. The summed E-state index contributed by atoms with van der Waals surface area (Å²) in [6.45, 7) is 9.95. The van der Waals surface area contributed by atoms with Gasteiger partial charge in [0, 0.05) is 31.7 Å². The molecule has 3 heteroatoms. The van der Waals surface area contributed by atoms with Crippen LogP contribution in [0.5, 0.6) is 0 Å². The molecule has 1 aliphatic heterocycles. The Morgan fingerprint density at radius 1 is 1.16 bits per heavy atom. The van der Waals surface area contributed by atoms with E-state index >= 15 is 0 Å². The monoisotopic (exact) mass is 260 g/mol. The summed E-state index contributed by atoms with van der Waals surface area (Å²) in [7, 11) is 2.10. The highest BCUT2D eigenvalue weighted by Gasteiger charge is 2.21. The van der Waals surface area contributed by atoms with Crippen LogP contribution in [-0.2, 0) is 0 Å². The van der Waals surface area contributed by atoms with Gasteiger partial charge >= 0.3 is 0 Å². The molecular weight excluding hydrogens is 236 g/mol. The van der Waals surface area contributed by atoms with Gasteiger partial charge in [0.15, 0.2) is 0 Å². The molecule has 104 valence electrons. The van der Waals surface area contributed by atoms with Gasteiger partial charge in [0.05, 0.1) is 0 Å². The van der Waals surface area contributed by atoms with Gasteiger partial charge in [-0.3, -0.25) is 4.79 Å². The average molecular weight is 260 g/mol. The molecule has 0 saturated carbocycles. The van der Waals surface area contributed by atoms with Crippen LogP contribution >= 0.6 is 0 Å². The zero-order valence-electron chi connectivity index (χ0n) is 12.4. The fraction of sp³-hybridized carbons (Fsp3) is 0.562. The second-order valence-electron chi connectivity index (χ2n) is 5.82. The SMILES string of the molecule is Cc1ccc(C(C)C)cc1C(=O)N1CCN(C)CC1. The highest BCUT2D eigenvalue weighted by atomic mass is 16.2. The lowest BCUT2D eigenvalue weighted by Crippen LogP contribution is -2.47. The number of likely N-dealkylation sites (N-methyl/N-ethyl adjacent to an activating group) is 1. The number of hydrogen-bond donors (Lipinski definition) is 0. The zero-order chi connectivity index (χ0) is 14.0. The molecule has 0 radical (unpaired) electrons. The Morgan fingerprint density at radius 2 is 1.79 bits per heavy atom. The van der Waals surface area contributed by atoms with Gasteiger partial charge in [-0.2, -0.15) is 0 Å². The molecule has 0 N–H and O–H groups in total. The standard InChI is InChI=1S/C16H24N2O/c1-12(2)14-6-5-13(3)15(11-14)16(19)18-9-7-17(4)8-10-18/h5-6,11-12H,7-10H2,1-4H3. The first kappa shape index (κ1) is 14.1. The third kappa shape index (κ3) is 3.16. The van der Waals surface area contributed by atoms with Crippen LogP contribution in [0.1, 0.15) is 41.3 Å². The zero-order valence-corrected chi connectivity index (χ0v) is 12.4. The van der Waals surface area contributed by atoms with Gasteiger partial charge in [0.2, 0.25) is 0 Å². The lowest BCUT2D eigenvalue weighted by atomic mass is 9.97. The van der Waals surface area contributed by atoms with Gasteiger partial charge in [-0.25, -0.2) is 0 Å². The summed E-state index contributed by atoms with van der Waals surface area (Å²) >= 11 is 0. The molecule has 1 amide bonds. The van der Waals surface area contributed by atoms with Crippen molar-refractivity contribution in [1.82, 2.24) is 9.80 Å². The number of hydrogen-bond acceptors (Lipinski definition) is 2. The minimum absolute atomic E-state index is 0.188. The van der Waals surface area contributed by atoms with Gasteiger partial charge in [0.1, 0.15) is 0 Å². The first-order chi connectivity index (χ1) is 8.99. The second kappa shape index (κ2) is 5.74. The predicted molar refractivity (Wildman–Crippen MR) is 78.7 cm³/mol.